The molecule has 1 heterocycles. The van der Waals surface area contributed by atoms with Gasteiger partial charge in [-0.1, -0.05) is 27.7 Å². The van der Waals surface area contributed by atoms with Crippen LogP contribution in [0.4, 0.5) is 0 Å². The third-order valence-electron chi connectivity index (χ3n) is 3.22. The van der Waals surface area contributed by atoms with Crippen molar-refractivity contribution in [1.29, 1.82) is 0 Å². The summed E-state index contributed by atoms with van der Waals surface area (Å²) < 4.78 is 0. The highest BCUT2D eigenvalue weighted by Gasteiger charge is 2.24. The van der Waals surface area contributed by atoms with Crippen LogP contribution in [0.3, 0.4) is 0 Å². The Kier molecular flexibility index (Phi) is 4.90. The van der Waals surface area contributed by atoms with Gasteiger partial charge in [-0.2, -0.15) is 0 Å². The molecule has 2 unspecified atom stereocenters. The SMILES string of the molecule is CC(C)CNCCN1CC(C)C(C)C1. The fraction of sp³-hybridized carbons (Fsp3) is 1.00. The van der Waals surface area contributed by atoms with Crippen LogP contribution in [0.5, 0.6) is 0 Å². The van der Waals surface area contributed by atoms with E-state index in [0.717, 1.165) is 30.8 Å². The minimum Gasteiger partial charge on any atom is -0.315 e. The predicted molar refractivity (Wildman–Crippen MR) is 62.5 cm³/mol. The van der Waals surface area contributed by atoms with Gasteiger partial charge in [-0.15, -0.1) is 0 Å². The fourth-order valence-corrected chi connectivity index (χ4v) is 2.06. The molecular weight excluding hydrogens is 172 g/mol. The van der Waals surface area contributed by atoms with Gasteiger partial charge >= 0.3 is 0 Å². The first kappa shape index (κ1) is 12.0. The molecule has 0 aliphatic carbocycles. The van der Waals surface area contributed by atoms with Gasteiger partial charge in [-0.05, 0) is 24.3 Å². The molecule has 14 heavy (non-hydrogen) atoms. The Bertz CT molecular complexity index is 146. The molecule has 0 spiro atoms. The topological polar surface area (TPSA) is 15.3 Å². The second kappa shape index (κ2) is 5.72. The van der Waals surface area contributed by atoms with Crippen LogP contribution >= 0.6 is 0 Å². The minimum absolute atomic E-state index is 0.770. The summed E-state index contributed by atoms with van der Waals surface area (Å²) in [6, 6.07) is 0. The predicted octanol–water partition coefficient (Wildman–Crippen LogP) is 1.82. The Labute approximate surface area is 89.1 Å². The van der Waals surface area contributed by atoms with E-state index in [2.05, 4.69) is 37.9 Å². The van der Waals surface area contributed by atoms with Gasteiger partial charge in [0.15, 0.2) is 0 Å². The Hall–Kier alpha value is -0.0800. The lowest BCUT2D eigenvalue weighted by molar-refractivity contribution is 0.319. The van der Waals surface area contributed by atoms with Crippen LogP contribution in [0, 0.1) is 17.8 Å². The zero-order chi connectivity index (χ0) is 10.6. The van der Waals surface area contributed by atoms with E-state index in [-0.39, 0.29) is 0 Å². The van der Waals surface area contributed by atoms with Gasteiger partial charge in [-0.25, -0.2) is 0 Å². The molecule has 2 heteroatoms. The zero-order valence-corrected chi connectivity index (χ0v) is 10.2. The van der Waals surface area contributed by atoms with Gasteiger partial charge < -0.3 is 10.2 Å². The standard InChI is InChI=1S/C12H26N2/c1-10(2)7-13-5-6-14-8-11(3)12(4)9-14/h10-13H,5-9H2,1-4H3. The van der Waals surface area contributed by atoms with E-state index in [1.54, 1.807) is 0 Å². The minimum atomic E-state index is 0.770. The van der Waals surface area contributed by atoms with E-state index in [1.165, 1.54) is 19.6 Å². The summed E-state index contributed by atoms with van der Waals surface area (Å²) in [5.74, 6) is 2.55. The maximum atomic E-state index is 3.50. The molecule has 0 bridgehead atoms. The van der Waals surface area contributed by atoms with E-state index < -0.39 is 0 Å². The molecule has 1 N–H and O–H groups in total. The maximum absolute atomic E-state index is 3.50. The fourth-order valence-electron chi connectivity index (χ4n) is 2.06. The molecule has 1 saturated heterocycles. The highest BCUT2D eigenvalue weighted by atomic mass is 15.2. The second-order valence-corrected chi connectivity index (χ2v) is 5.31. The van der Waals surface area contributed by atoms with Crippen molar-refractivity contribution in [3.63, 3.8) is 0 Å². The summed E-state index contributed by atoms with van der Waals surface area (Å²) in [7, 11) is 0. The third-order valence-corrected chi connectivity index (χ3v) is 3.22. The number of nitrogens with zero attached hydrogens (tertiary/aromatic N) is 1. The van der Waals surface area contributed by atoms with Crippen molar-refractivity contribution >= 4 is 0 Å². The molecule has 1 fully saturated rings. The van der Waals surface area contributed by atoms with Crippen LogP contribution in [0.1, 0.15) is 27.7 Å². The van der Waals surface area contributed by atoms with Gasteiger partial charge in [-0.3, -0.25) is 0 Å². The Morgan fingerprint density at radius 2 is 1.79 bits per heavy atom. The lowest BCUT2D eigenvalue weighted by atomic mass is 10.0. The monoisotopic (exact) mass is 198 g/mol. The normalized spacial score (nSPS) is 28.9. The summed E-state index contributed by atoms with van der Waals surface area (Å²) >= 11 is 0. The molecule has 0 radical (unpaired) electrons. The highest BCUT2D eigenvalue weighted by Crippen LogP contribution is 2.21. The molecule has 2 nitrogen and oxygen atoms in total. The van der Waals surface area contributed by atoms with Crippen molar-refractivity contribution in [3.8, 4) is 0 Å². The number of nitrogens with one attached hydrogen (secondary N) is 1. The maximum Gasteiger partial charge on any atom is 0.0107 e. The van der Waals surface area contributed by atoms with Crippen molar-refractivity contribution in [1.82, 2.24) is 10.2 Å². The van der Waals surface area contributed by atoms with Crippen molar-refractivity contribution in [2.75, 3.05) is 32.7 Å². The molecule has 84 valence electrons. The van der Waals surface area contributed by atoms with Crippen molar-refractivity contribution in [3.05, 3.63) is 0 Å². The van der Waals surface area contributed by atoms with Gasteiger partial charge in [0.05, 0.1) is 0 Å². The Morgan fingerprint density at radius 1 is 1.21 bits per heavy atom. The van der Waals surface area contributed by atoms with E-state index in [1.807, 2.05) is 0 Å². The van der Waals surface area contributed by atoms with Crippen LogP contribution in [0.15, 0.2) is 0 Å². The van der Waals surface area contributed by atoms with E-state index in [0.29, 0.717) is 0 Å². The smallest absolute Gasteiger partial charge is 0.0107 e. The lowest BCUT2D eigenvalue weighted by Crippen LogP contribution is -2.32. The molecule has 2 atom stereocenters. The molecule has 1 rings (SSSR count). The van der Waals surface area contributed by atoms with Crippen LogP contribution in [0.25, 0.3) is 0 Å². The van der Waals surface area contributed by atoms with Crippen LogP contribution < -0.4 is 5.32 Å². The van der Waals surface area contributed by atoms with Crippen molar-refractivity contribution in [2.24, 2.45) is 17.8 Å². The summed E-state index contributed by atoms with van der Waals surface area (Å²) in [4.78, 5) is 2.59. The third kappa shape index (κ3) is 3.97. The summed E-state index contributed by atoms with van der Waals surface area (Å²) in [6.45, 7) is 15.4. The van der Waals surface area contributed by atoms with E-state index in [4.69, 9.17) is 0 Å². The average Bonchev–Trinajstić information content (AvgIpc) is 2.40. The first-order valence-corrected chi connectivity index (χ1v) is 6.02. The largest absolute Gasteiger partial charge is 0.315 e. The summed E-state index contributed by atoms with van der Waals surface area (Å²) in [6.07, 6.45) is 0. The average molecular weight is 198 g/mol. The van der Waals surface area contributed by atoms with Crippen LogP contribution in [0.2, 0.25) is 0 Å². The van der Waals surface area contributed by atoms with Crippen molar-refractivity contribution < 1.29 is 0 Å². The quantitative estimate of drug-likeness (QED) is 0.678. The number of rotatable bonds is 5. The number of hydrogen-bond acceptors (Lipinski definition) is 2. The molecule has 1 aliphatic heterocycles. The van der Waals surface area contributed by atoms with E-state index >= 15 is 0 Å². The highest BCUT2D eigenvalue weighted by molar-refractivity contribution is 4.78. The summed E-state index contributed by atoms with van der Waals surface area (Å²) in [5.41, 5.74) is 0. The molecule has 0 amide bonds. The van der Waals surface area contributed by atoms with Crippen molar-refractivity contribution in [2.45, 2.75) is 27.7 Å². The van der Waals surface area contributed by atoms with Gasteiger partial charge in [0, 0.05) is 26.2 Å². The molecule has 0 aromatic heterocycles. The molecule has 1 aliphatic rings. The number of hydrogen-bond donors (Lipinski definition) is 1. The van der Waals surface area contributed by atoms with Crippen LogP contribution in [-0.4, -0.2) is 37.6 Å². The summed E-state index contributed by atoms with van der Waals surface area (Å²) in [5, 5.41) is 3.50. The van der Waals surface area contributed by atoms with Crippen LogP contribution in [-0.2, 0) is 0 Å². The molecule has 0 aromatic carbocycles. The van der Waals surface area contributed by atoms with Gasteiger partial charge in [0.25, 0.3) is 0 Å². The first-order chi connectivity index (χ1) is 6.59. The second-order valence-electron chi connectivity index (χ2n) is 5.31. The Morgan fingerprint density at radius 3 is 2.29 bits per heavy atom. The Balaban J connectivity index is 2.03. The zero-order valence-electron chi connectivity index (χ0n) is 10.2. The number of likely N-dealkylation sites (tertiary alicyclic amines) is 1. The molecular formula is C12H26N2. The first-order valence-electron chi connectivity index (χ1n) is 6.02. The van der Waals surface area contributed by atoms with Gasteiger partial charge in [0.2, 0.25) is 0 Å². The van der Waals surface area contributed by atoms with E-state index in [9.17, 15) is 0 Å². The molecule has 0 saturated carbocycles. The lowest BCUT2D eigenvalue weighted by Gasteiger charge is -2.16. The van der Waals surface area contributed by atoms with Gasteiger partial charge in [0.1, 0.15) is 0 Å². The molecule has 0 aromatic rings.